The summed E-state index contributed by atoms with van der Waals surface area (Å²) < 4.78 is 104. The second-order valence-corrected chi connectivity index (χ2v) is 10.5. The van der Waals surface area contributed by atoms with Crippen molar-refractivity contribution in [2.24, 2.45) is 5.41 Å². The minimum Gasteiger partial charge on any atom is -0.273 e. The Morgan fingerprint density at radius 1 is 1.06 bits per heavy atom. The fourth-order valence-corrected chi connectivity index (χ4v) is 2.12. The third-order valence-electron chi connectivity index (χ3n) is 3.78. The van der Waals surface area contributed by atoms with Gasteiger partial charge in [0.05, 0.1) is 10.5 Å². The molecule has 2 N–H and O–H groups in total. The topological polar surface area (TPSA) is 88.9 Å². The van der Waals surface area contributed by atoms with E-state index in [9.17, 15) is 42.2 Å². The summed E-state index contributed by atoms with van der Waals surface area (Å²) in [6.45, 7) is 7.83. The van der Waals surface area contributed by atoms with Gasteiger partial charge < -0.3 is 0 Å². The van der Waals surface area contributed by atoms with E-state index in [0.29, 0.717) is 0 Å². The van der Waals surface area contributed by atoms with Crippen LogP contribution in [0.15, 0.2) is 41.6 Å². The predicted octanol–water partition coefficient (Wildman–Crippen LogP) is 5.65. The minimum absolute atomic E-state index is 0.0745. The van der Waals surface area contributed by atoms with Crippen LogP contribution in [0, 0.1) is 5.41 Å². The van der Waals surface area contributed by atoms with Crippen molar-refractivity contribution in [3.63, 3.8) is 0 Å². The van der Waals surface area contributed by atoms with Crippen LogP contribution >= 0.6 is 10.2 Å². The Morgan fingerprint density at radius 3 is 2.09 bits per heavy atom. The summed E-state index contributed by atoms with van der Waals surface area (Å²) in [7, 11) is -10.3. The number of rotatable bonds is 6. The molecule has 192 valence electrons. The number of hydrogen-bond acceptors (Lipinski definition) is 4. The summed E-state index contributed by atoms with van der Waals surface area (Å²) in [4.78, 5) is 24.3. The van der Waals surface area contributed by atoms with Gasteiger partial charge in [-0.15, -0.1) is 5.10 Å². The number of allylic oxidation sites excluding steroid dienone is 5. The first-order valence-electron chi connectivity index (χ1n) is 9.00. The number of hydrogen-bond donors (Lipinski definition) is 2. The van der Waals surface area contributed by atoms with Gasteiger partial charge in [0.25, 0.3) is 5.91 Å². The van der Waals surface area contributed by atoms with Gasteiger partial charge in [-0.05, 0) is 19.1 Å². The summed E-state index contributed by atoms with van der Waals surface area (Å²) in [5, 5.41) is 3.66. The van der Waals surface area contributed by atoms with E-state index >= 15 is 0 Å². The zero-order valence-corrected chi connectivity index (χ0v) is 19.0. The first-order valence-corrected chi connectivity index (χ1v) is 11.0. The summed E-state index contributed by atoms with van der Waals surface area (Å²) in [5.41, 5.74) is 0.738. The molecule has 2 amide bonds. The number of halogens is 8. The molecule has 1 heterocycles. The van der Waals surface area contributed by atoms with Gasteiger partial charge in [-0.3, -0.25) is 20.4 Å². The van der Waals surface area contributed by atoms with Crippen molar-refractivity contribution < 1.29 is 42.2 Å². The van der Waals surface area contributed by atoms with Gasteiger partial charge >= 0.3 is 16.4 Å². The number of nitrogens with zero attached hydrogens (tertiary/aromatic N) is 3. The van der Waals surface area contributed by atoms with E-state index in [4.69, 9.17) is 0 Å². The Labute approximate surface area is 189 Å². The third kappa shape index (κ3) is 8.99. The molecule has 0 saturated heterocycles. The van der Waals surface area contributed by atoms with Crippen molar-refractivity contribution in [2.45, 2.75) is 33.9 Å². The van der Waals surface area contributed by atoms with Crippen LogP contribution < -0.4 is 10.9 Å². The van der Waals surface area contributed by atoms with Crippen LogP contribution in [0.1, 0.15) is 33.5 Å². The lowest BCUT2D eigenvalue weighted by molar-refractivity contribution is -0.132. The number of nitrogens with one attached hydrogen (secondary N) is 2. The molecule has 0 saturated carbocycles. The molecule has 0 fully saturated rings. The lowest BCUT2D eigenvalue weighted by atomic mass is 9.96. The molecular weight excluding hydrogens is 502 g/mol. The smallest absolute Gasteiger partial charge is 0.273 e. The summed E-state index contributed by atoms with van der Waals surface area (Å²) in [5.74, 6) is -1.79. The van der Waals surface area contributed by atoms with Gasteiger partial charge in [-0.1, -0.05) is 46.8 Å². The van der Waals surface area contributed by atoms with Crippen molar-refractivity contribution in [2.75, 3.05) is 0 Å². The average molecular weight is 523 g/mol. The van der Waals surface area contributed by atoms with E-state index in [1.54, 1.807) is 20.8 Å². The van der Waals surface area contributed by atoms with Crippen molar-refractivity contribution >= 4 is 33.8 Å². The molecule has 0 aliphatic heterocycles. The molecule has 0 spiro atoms. The lowest BCUT2D eigenvalue weighted by Crippen LogP contribution is -2.46. The number of alkyl halides is 3. The highest BCUT2D eigenvalue weighted by atomic mass is 32.5. The molecule has 1 aromatic heterocycles. The van der Waals surface area contributed by atoms with Crippen molar-refractivity contribution in [3.05, 3.63) is 47.4 Å². The fourth-order valence-electron chi connectivity index (χ4n) is 1.77. The monoisotopic (exact) mass is 523 g/mol. The van der Waals surface area contributed by atoms with Crippen molar-refractivity contribution in [3.8, 4) is 0 Å². The highest BCUT2D eigenvalue weighted by Gasteiger charge is 2.65. The number of carbonyl (C=O) groups excluding carboxylic acids is 2. The zero-order valence-electron chi connectivity index (χ0n) is 18.2. The summed E-state index contributed by atoms with van der Waals surface area (Å²) in [6, 6.07) is 0. The van der Waals surface area contributed by atoms with E-state index in [1.165, 1.54) is 0 Å². The van der Waals surface area contributed by atoms with E-state index < -0.39 is 61.6 Å². The Morgan fingerprint density at radius 2 is 1.62 bits per heavy atom. The Hall–Kier alpha value is -3.17. The van der Waals surface area contributed by atoms with Crippen LogP contribution in [0.4, 0.5) is 32.6 Å². The molecule has 0 bridgehead atoms. The van der Waals surface area contributed by atoms with Gasteiger partial charge in [0.1, 0.15) is 6.33 Å². The molecule has 34 heavy (non-hydrogen) atoms. The zero-order chi connectivity index (χ0) is 26.8. The average Bonchev–Trinajstić information content (AvgIpc) is 3.09. The second-order valence-electron chi connectivity index (χ2n) is 7.90. The molecule has 0 radical (unpaired) electrons. The van der Waals surface area contributed by atoms with E-state index in [-0.39, 0.29) is 13.0 Å². The SMILES string of the molecule is C=C(/C=C(\C=C(/C)S(F)(F)(F)(F)F)C(F)(F)F)c1ncn(/C=C\C(=O)NNC(=O)C(C)(C)C)n1. The molecule has 0 aliphatic carbocycles. The van der Waals surface area contributed by atoms with E-state index in [2.05, 4.69) is 27.5 Å². The molecule has 0 atom stereocenters. The highest BCUT2D eigenvalue weighted by molar-refractivity contribution is 8.48. The van der Waals surface area contributed by atoms with Crippen LogP contribution in [0.3, 0.4) is 0 Å². The standard InChI is InChI=1S/C18H21F8N5O2S/c1-11(8-13(18(19,20)21)9-12(2)34(22,23,24,25)26)15-27-10-31(30-15)7-6-14(32)28-29-16(33)17(3,4)5/h6-10H,1H2,2-5H3,(H,28,32)(H,29,33)/b7-6-,12-9+,13-8+. The number of aromatic nitrogens is 3. The number of carbonyl (C=O) groups is 2. The lowest BCUT2D eigenvalue weighted by Gasteiger charge is -2.41. The Balaban J connectivity index is 3.07. The number of hydrazine groups is 1. The largest absolute Gasteiger partial charge is 0.416 e. The van der Waals surface area contributed by atoms with Gasteiger partial charge in [0.2, 0.25) is 5.91 Å². The molecule has 0 unspecified atom stereocenters. The van der Waals surface area contributed by atoms with Crippen LogP contribution in [-0.4, -0.2) is 32.8 Å². The van der Waals surface area contributed by atoms with Crippen LogP contribution in [0.5, 0.6) is 0 Å². The van der Waals surface area contributed by atoms with Gasteiger partial charge in [0, 0.05) is 23.3 Å². The normalized spacial score (nSPS) is 16.1. The number of amides is 2. The quantitative estimate of drug-likeness (QED) is 0.218. The minimum atomic E-state index is -10.3. The fraction of sp³-hybridized carbons (Fsp3) is 0.333. The predicted molar refractivity (Wildman–Crippen MR) is 111 cm³/mol. The van der Waals surface area contributed by atoms with Gasteiger partial charge in [-0.25, -0.2) is 9.67 Å². The molecule has 1 rings (SSSR count). The second kappa shape index (κ2) is 8.56. The molecule has 0 aliphatic rings. The molecule has 16 heteroatoms. The Kier molecular flexibility index (Phi) is 7.26. The van der Waals surface area contributed by atoms with Gasteiger partial charge in [0.15, 0.2) is 5.82 Å². The first kappa shape index (κ1) is 28.9. The molecular formula is C18H21F8N5O2S. The molecule has 0 aromatic carbocycles. The summed E-state index contributed by atoms with van der Waals surface area (Å²) in [6.07, 6.45) is -3.28. The third-order valence-corrected chi connectivity index (χ3v) is 5.11. The maximum Gasteiger partial charge on any atom is 0.416 e. The van der Waals surface area contributed by atoms with E-state index in [1.807, 2.05) is 0 Å². The van der Waals surface area contributed by atoms with Gasteiger partial charge in [-0.2, -0.15) is 13.2 Å². The van der Waals surface area contributed by atoms with Crippen LogP contribution in [-0.2, 0) is 9.59 Å². The molecule has 1 aromatic rings. The molecule has 7 nitrogen and oxygen atoms in total. The van der Waals surface area contributed by atoms with Crippen LogP contribution in [0.25, 0.3) is 11.8 Å². The highest BCUT2D eigenvalue weighted by Crippen LogP contribution is 3.02. The maximum atomic E-state index is 13.1. The summed E-state index contributed by atoms with van der Waals surface area (Å²) >= 11 is 0. The maximum absolute atomic E-state index is 13.1. The van der Waals surface area contributed by atoms with E-state index in [0.717, 1.165) is 23.3 Å². The van der Waals surface area contributed by atoms with Crippen molar-refractivity contribution in [1.29, 1.82) is 0 Å². The van der Waals surface area contributed by atoms with Crippen molar-refractivity contribution in [1.82, 2.24) is 25.6 Å². The van der Waals surface area contributed by atoms with Crippen LogP contribution in [0.2, 0.25) is 0 Å². The first-order chi connectivity index (χ1) is 14.9. The Bertz CT molecular complexity index is 1080.